The maximum Gasteiger partial charge on any atom is 0.303 e. The zero-order valence-electron chi connectivity index (χ0n) is 22.9. The molecule has 0 saturated carbocycles. The van der Waals surface area contributed by atoms with E-state index in [1.165, 1.54) is 5.56 Å². The molecule has 0 fully saturated rings. The van der Waals surface area contributed by atoms with Crippen molar-refractivity contribution in [2.24, 2.45) is 11.7 Å². The average molecular weight is 544 g/mol. The lowest BCUT2D eigenvalue weighted by atomic mass is 9.98. The van der Waals surface area contributed by atoms with Crippen LogP contribution in [-0.4, -0.2) is 40.9 Å². The molecular weight excluding hydrogens is 506 g/mol. The van der Waals surface area contributed by atoms with Crippen molar-refractivity contribution in [3.8, 4) is 22.3 Å². The van der Waals surface area contributed by atoms with Gasteiger partial charge in [0.2, 0.25) is 17.7 Å². The quantitative estimate of drug-likeness (QED) is 0.240. The van der Waals surface area contributed by atoms with E-state index in [9.17, 15) is 19.2 Å². The number of aryl methyl sites for hydroxylation is 1. The molecule has 0 aliphatic carbocycles. The number of hydrogen-bond donors (Lipinski definition) is 4. The van der Waals surface area contributed by atoms with E-state index in [0.717, 1.165) is 22.3 Å². The second kappa shape index (κ2) is 14.6. The molecule has 8 heteroatoms. The van der Waals surface area contributed by atoms with Crippen LogP contribution in [0.5, 0.6) is 0 Å². The number of amides is 3. The molecule has 5 N–H and O–H groups in total. The summed E-state index contributed by atoms with van der Waals surface area (Å²) in [6.45, 7) is 3.83. The zero-order chi connectivity index (χ0) is 29.1. The van der Waals surface area contributed by atoms with Crippen molar-refractivity contribution in [1.82, 2.24) is 10.6 Å². The Morgan fingerprint density at radius 2 is 1.25 bits per heavy atom. The molecule has 210 valence electrons. The largest absolute Gasteiger partial charge is 0.481 e. The first-order valence-electron chi connectivity index (χ1n) is 13.5. The Labute approximate surface area is 235 Å². The lowest BCUT2D eigenvalue weighted by Gasteiger charge is -2.23. The van der Waals surface area contributed by atoms with E-state index in [4.69, 9.17) is 10.8 Å². The molecule has 0 bridgehead atoms. The second-order valence-corrected chi connectivity index (χ2v) is 10.3. The third-order valence-electron chi connectivity index (χ3n) is 6.59. The van der Waals surface area contributed by atoms with Crippen LogP contribution in [0, 0.1) is 5.92 Å². The second-order valence-electron chi connectivity index (χ2n) is 10.3. The van der Waals surface area contributed by atoms with Gasteiger partial charge >= 0.3 is 5.97 Å². The molecule has 40 heavy (non-hydrogen) atoms. The van der Waals surface area contributed by atoms with Gasteiger partial charge in [0, 0.05) is 12.8 Å². The molecule has 0 saturated heterocycles. The number of aliphatic carboxylic acids is 1. The number of nitrogens with two attached hydrogens (primary N) is 1. The summed E-state index contributed by atoms with van der Waals surface area (Å²) in [6.07, 6.45) is 0.612. The standard InChI is InChI=1S/C32H37N3O5/c1-21(2)20-28(32(40)35-27(31(33)39)17-19-30(37)38)34-29(36)18-10-22-8-11-24(12-9-22)26-15-13-25(14-16-26)23-6-4-3-5-7-23/h3-9,11-16,21,27-28H,10,17-20H2,1-2H3,(H2,33,39)(H,34,36)(H,35,40)(H,37,38)/t27-,28-/m0/s1. The van der Waals surface area contributed by atoms with Crippen LogP contribution in [0.4, 0.5) is 0 Å². The number of hydrogen-bond acceptors (Lipinski definition) is 4. The van der Waals surface area contributed by atoms with Crippen LogP contribution in [0.2, 0.25) is 0 Å². The van der Waals surface area contributed by atoms with E-state index in [0.29, 0.717) is 12.8 Å². The van der Waals surface area contributed by atoms with Crippen molar-refractivity contribution in [3.05, 3.63) is 84.4 Å². The predicted molar refractivity (Wildman–Crippen MR) is 155 cm³/mol. The Hall–Kier alpha value is -4.46. The van der Waals surface area contributed by atoms with Crippen molar-refractivity contribution >= 4 is 23.7 Å². The average Bonchev–Trinajstić information content (AvgIpc) is 2.94. The Morgan fingerprint density at radius 1 is 0.725 bits per heavy atom. The van der Waals surface area contributed by atoms with E-state index < -0.39 is 29.9 Å². The Kier molecular flexibility index (Phi) is 11.0. The van der Waals surface area contributed by atoms with E-state index in [-0.39, 0.29) is 31.1 Å². The smallest absolute Gasteiger partial charge is 0.303 e. The molecule has 0 unspecified atom stereocenters. The number of carbonyl (C=O) groups excluding carboxylic acids is 3. The molecule has 0 spiro atoms. The summed E-state index contributed by atoms with van der Waals surface area (Å²) < 4.78 is 0. The zero-order valence-corrected chi connectivity index (χ0v) is 22.9. The molecule has 0 radical (unpaired) electrons. The topological polar surface area (TPSA) is 139 Å². The minimum atomic E-state index is -1.12. The van der Waals surface area contributed by atoms with Gasteiger partial charge in [-0.3, -0.25) is 19.2 Å². The molecule has 3 amide bonds. The highest BCUT2D eigenvalue weighted by atomic mass is 16.4. The van der Waals surface area contributed by atoms with Gasteiger partial charge in [-0.15, -0.1) is 0 Å². The van der Waals surface area contributed by atoms with Crippen molar-refractivity contribution in [1.29, 1.82) is 0 Å². The fourth-order valence-corrected chi connectivity index (χ4v) is 4.40. The lowest BCUT2D eigenvalue weighted by Crippen LogP contribution is -2.53. The van der Waals surface area contributed by atoms with Gasteiger partial charge in [0.1, 0.15) is 12.1 Å². The number of carboxylic acids is 1. The monoisotopic (exact) mass is 543 g/mol. The summed E-state index contributed by atoms with van der Waals surface area (Å²) in [5.74, 6) is -2.67. The Balaban J connectivity index is 1.56. The predicted octanol–water partition coefficient (Wildman–Crippen LogP) is 4.32. The number of primary amides is 1. The normalized spacial score (nSPS) is 12.4. The van der Waals surface area contributed by atoms with Crippen molar-refractivity contribution < 1.29 is 24.3 Å². The van der Waals surface area contributed by atoms with Gasteiger partial charge < -0.3 is 21.5 Å². The molecule has 2 atom stereocenters. The van der Waals surface area contributed by atoms with Gasteiger partial charge in [-0.2, -0.15) is 0 Å². The molecular formula is C32H37N3O5. The van der Waals surface area contributed by atoms with Gasteiger partial charge in [-0.1, -0.05) is 92.7 Å². The molecule has 3 aromatic rings. The SMILES string of the molecule is CC(C)C[C@H](NC(=O)CCc1ccc(-c2ccc(-c3ccccc3)cc2)cc1)C(=O)N[C@@H](CCC(=O)O)C(N)=O. The van der Waals surface area contributed by atoms with Gasteiger partial charge in [0.25, 0.3) is 0 Å². The van der Waals surface area contributed by atoms with Crippen molar-refractivity contribution in [2.75, 3.05) is 0 Å². The third kappa shape index (κ3) is 9.38. The lowest BCUT2D eigenvalue weighted by molar-refractivity contribution is -0.138. The van der Waals surface area contributed by atoms with Gasteiger partial charge in [-0.05, 0) is 53.0 Å². The first-order chi connectivity index (χ1) is 19.1. The summed E-state index contributed by atoms with van der Waals surface area (Å²) in [6, 6.07) is 24.6. The molecule has 0 heterocycles. The Morgan fingerprint density at radius 3 is 1.75 bits per heavy atom. The molecule has 3 rings (SSSR count). The Bertz CT molecular complexity index is 1290. The van der Waals surface area contributed by atoms with E-state index in [2.05, 4.69) is 47.0 Å². The van der Waals surface area contributed by atoms with Crippen LogP contribution in [0.1, 0.15) is 45.1 Å². The summed E-state index contributed by atoms with van der Waals surface area (Å²) in [4.78, 5) is 48.1. The van der Waals surface area contributed by atoms with Crippen LogP contribution in [0.15, 0.2) is 78.9 Å². The van der Waals surface area contributed by atoms with Gasteiger partial charge in [0.15, 0.2) is 0 Å². The van der Waals surface area contributed by atoms with Crippen LogP contribution >= 0.6 is 0 Å². The van der Waals surface area contributed by atoms with Crippen LogP contribution in [0.25, 0.3) is 22.3 Å². The maximum atomic E-state index is 12.8. The number of benzene rings is 3. The van der Waals surface area contributed by atoms with Crippen LogP contribution < -0.4 is 16.4 Å². The van der Waals surface area contributed by atoms with Gasteiger partial charge in [-0.25, -0.2) is 0 Å². The van der Waals surface area contributed by atoms with E-state index in [1.54, 1.807) is 0 Å². The van der Waals surface area contributed by atoms with Crippen molar-refractivity contribution in [2.45, 2.75) is 58.0 Å². The highest BCUT2D eigenvalue weighted by molar-refractivity contribution is 5.91. The minimum absolute atomic E-state index is 0.0939. The molecule has 0 aliphatic heterocycles. The highest BCUT2D eigenvalue weighted by Gasteiger charge is 2.26. The number of carbonyl (C=O) groups is 4. The van der Waals surface area contributed by atoms with E-state index in [1.807, 2.05) is 56.3 Å². The van der Waals surface area contributed by atoms with Gasteiger partial charge in [0.05, 0.1) is 0 Å². The number of carboxylic acid groups (broad SMARTS) is 1. The first-order valence-corrected chi connectivity index (χ1v) is 13.5. The summed E-state index contributed by atoms with van der Waals surface area (Å²) in [5, 5.41) is 14.1. The number of nitrogens with one attached hydrogen (secondary N) is 2. The maximum absolute atomic E-state index is 12.8. The molecule has 8 nitrogen and oxygen atoms in total. The third-order valence-corrected chi connectivity index (χ3v) is 6.59. The fraction of sp³-hybridized carbons (Fsp3) is 0.312. The number of rotatable bonds is 14. The minimum Gasteiger partial charge on any atom is -0.481 e. The summed E-state index contributed by atoms with van der Waals surface area (Å²) in [5.41, 5.74) is 10.8. The van der Waals surface area contributed by atoms with E-state index >= 15 is 0 Å². The summed E-state index contributed by atoms with van der Waals surface area (Å²) >= 11 is 0. The summed E-state index contributed by atoms with van der Waals surface area (Å²) in [7, 11) is 0. The fourth-order valence-electron chi connectivity index (χ4n) is 4.40. The highest BCUT2D eigenvalue weighted by Crippen LogP contribution is 2.25. The molecule has 0 aliphatic rings. The van der Waals surface area contributed by atoms with Crippen LogP contribution in [0.3, 0.4) is 0 Å². The molecule has 3 aromatic carbocycles. The van der Waals surface area contributed by atoms with Crippen LogP contribution in [-0.2, 0) is 25.6 Å². The first kappa shape index (κ1) is 30.1. The molecule has 0 aromatic heterocycles. The van der Waals surface area contributed by atoms with Crippen molar-refractivity contribution in [3.63, 3.8) is 0 Å².